The SMILES string of the molecule is CCOc1cc(/C=C2/SC(=S)NC2=O)ccc1OCc1ccccc1Cl. The number of halogens is 1. The average molecular weight is 406 g/mol. The molecule has 1 aliphatic rings. The standard InChI is InChI=1S/C19H16ClNO3S2/c1-2-23-16-9-12(10-17-18(22)21-19(25)26-17)7-8-15(16)24-11-13-5-3-4-6-14(13)20/h3-10H,2,11H2,1H3,(H,21,22,25)/b17-10+. The van der Waals surface area contributed by atoms with Crippen molar-refractivity contribution < 1.29 is 14.3 Å². The maximum Gasteiger partial charge on any atom is 0.263 e. The van der Waals surface area contributed by atoms with E-state index in [9.17, 15) is 4.79 Å². The fourth-order valence-electron chi connectivity index (χ4n) is 2.35. The molecule has 0 radical (unpaired) electrons. The second kappa shape index (κ2) is 8.58. The molecule has 7 heteroatoms. The molecule has 1 N–H and O–H groups in total. The van der Waals surface area contributed by atoms with Crippen molar-refractivity contribution in [2.24, 2.45) is 0 Å². The predicted octanol–water partition coefficient (Wildman–Crippen LogP) is 4.81. The van der Waals surface area contributed by atoms with Gasteiger partial charge in [-0.05, 0) is 36.8 Å². The van der Waals surface area contributed by atoms with Crippen molar-refractivity contribution in [2.45, 2.75) is 13.5 Å². The van der Waals surface area contributed by atoms with Gasteiger partial charge in [-0.15, -0.1) is 0 Å². The number of hydrogen-bond donors (Lipinski definition) is 1. The van der Waals surface area contributed by atoms with Crippen LogP contribution in [0.4, 0.5) is 0 Å². The van der Waals surface area contributed by atoms with E-state index in [0.717, 1.165) is 11.1 Å². The lowest BCUT2D eigenvalue weighted by Crippen LogP contribution is -2.17. The Balaban J connectivity index is 1.80. The van der Waals surface area contributed by atoms with Crippen LogP contribution in [0.2, 0.25) is 5.02 Å². The Morgan fingerprint density at radius 1 is 1.19 bits per heavy atom. The lowest BCUT2D eigenvalue weighted by molar-refractivity contribution is -0.115. The molecule has 1 fully saturated rings. The van der Waals surface area contributed by atoms with Crippen LogP contribution in [-0.4, -0.2) is 16.8 Å². The van der Waals surface area contributed by atoms with Crippen LogP contribution in [0.3, 0.4) is 0 Å². The summed E-state index contributed by atoms with van der Waals surface area (Å²) in [7, 11) is 0. The Morgan fingerprint density at radius 3 is 2.69 bits per heavy atom. The van der Waals surface area contributed by atoms with Crippen molar-refractivity contribution in [3.63, 3.8) is 0 Å². The number of hydrogen-bond acceptors (Lipinski definition) is 5. The van der Waals surface area contributed by atoms with Crippen molar-refractivity contribution in [1.82, 2.24) is 5.32 Å². The zero-order chi connectivity index (χ0) is 18.5. The second-order valence-corrected chi connectivity index (χ2v) is 7.50. The molecule has 3 rings (SSSR count). The van der Waals surface area contributed by atoms with Crippen LogP contribution in [0, 0.1) is 0 Å². The molecule has 134 valence electrons. The van der Waals surface area contributed by atoms with Crippen LogP contribution >= 0.6 is 35.6 Å². The summed E-state index contributed by atoms with van der Waals surface area (Å²) in [6.07, 6.45) is 1.78. The third-order valence-electron chi connectivity index (χ3n) is 3.55. The van der Waals surface area contributed by atoms with E-state index in [4.69, 9.17) is 33.3 Å². The van der Waals surface area contributed by atoms with Crippen LogP contribution in [0.5, 0.6) is 11.5 Å². The zero-order valence-corrected chi connectivity index (χ0v) is 16.3. The summed E-state index contributed by atoms with van der Waals surface area (Å²) in [5.41, 5.74) is 1.73. The fourth-order valence-corrected chi connectivity index (χ4v) is 3.58. The van der Waals surface area contributed by atoms with Crippen LogP contribution in [-0.2, 0) is 11.4 Å². The Kier molecular flexibility index (Phi) is 6.19. The molecule has 1 amide bonds. The number of carbonyl (C=O) groups excluding carboxylic acids is 1. The zero-order valence-electron chi connectivity index (χ0n) is 14.0. The lowest BCUT2D eigenvalue weighted by atomic mass is 10.2. The van der Waals surface area contributed by atoms with E-state index in [0.29, 0.717) is 39.0 Å². The number of ether oxygens (including phenoxy) is 2. The van der Waals surface area contributed by atoms with Crippen molar-refractivity contribution in [3.8, 4) is 11.5 Å². The van der Waals surface area contributed by atoms with Gasteiger partial charge in [0.05, 0.1) is 11.5 Å². The first-order chi connectivity index (χ1) is 12.6. The number of carbonyl (C=O) groups is 1. The third-order valence-corrected chi connectivity index (χ3v) is 5.08. The van der Waals surface area contributed by atoms with Gasteiger partial charge in [-0.2, -0.15) is 0 Å². The van der Waals surface area contributed by atoms with Crippen LogP contribution in [0.15, 0.2) is 47.4 Å². The summed E-state index contributed by atoms with van der Waals surface area (Å²) in [6, 6.07) is 13.1. The number of amides is 1. The first-order valence-electron chi connectivity index (χ1n) is 7.94. The number of benzene rings is 2. The summed E-state index contributed by atoms with van der Waals surface area (Å²) < 4.78 is 12.0. The minimum Gasteiger partial charge on any atom is -0.490 e. The van der Waals surface area contributed by atoms with Gasteiger partial charge in [0.15, 0.2) is 11.5 Å². The quantitative estimate of drug-likeness (QED) is 0.552. The molecule has 26 heavy (non-hydrogen) atoms. The highest BCUT2D eigenvalue weighted by molar-refractivity contribution is 8.26. The van der Waals surface area contributed by atoms with Gasteiger partial charge in [0.25, 0.3) is 5.91 Å². The maximum atomic E-state index is 11.8. The van der Waals surface area contributed by atoms with E-state index in [1.165, 1.54) is 11.8 Å². The molecule has 1 saturated heterocycles. The topological polar surface area (TPSA) is 47.6 Å². The van der Waals surface area contributed by atoms with E-state index >= 15 is 0 Å². The van der Waals surface area contributed by atoms with Gasteiger partial charge in [-0.3, -0.25) is 4.79 Å². The lowest BCUT2D eigenvalue weighted by Gasteiger charge is -2.13. The van der Waals surface area contributed by atoms with Crippen molar-refractivity contribution in [3.05, 3.63) is 63.5 Å². The first-order valence-corrected chi connectivity index (χ1v) is 9.55. The summed E-state index contributed by atoms with van der Waals surface area (Å²) in [6.45, 7) is 2.75. The summed E-state index contributed by atoms with van der Waals surface area (Å²) >= 11 is 12.4. The van der Waals surface area contributed by atoms with Crippen molar-refractivity contribution in [2.75, 3.05) is 6.61 Å². The van der Waals surface area contributed by atoms with Crippen LogP contribution in [0.1, 0.15) is 18.1 Å². The predicted molar refractivity (Wildman–Crippen MR) is 110 cm³/mol. The molecule has 1 heterocycles. The van der Waals surface area contributed by atoms with E-state index in [-0.39, 0.29) is 5.91 Å². The van der Waals surface area contributed by atoms with Crippen LogP contribution < -0.4 is 14.8 Å². The van der Waals surface area contributed by atoms with Gasteiger partial charge in [0, 0.05) is 10.6 Å². The average Bonchev–Trinajstić information content (AvgIpc) is 2.93. The molecular formula is C19H16ClNO3S2. The monoisotopic (exact) mass is 405 g/mol. The summed E-state index contributed by atoms with van der Waals surface area (Å²) in [4.78, 5) is 12.4. The third kappa shape index (κ3) is 4.58. The van der Waals surface area contributed by atoms with Crippen molar-refractivity contribution >= 4 is 51.9 Å². The molecule has 4 nitrogen and oxygen atoms in total. The normalized spacial score (nSPS) is 15.2. The number of thioether (sulfide) groups is 1. The van der Waals surface area contributed by atoms with Gasteiger partial charge in [-0.1, -0.05) is 59.8 Å². The highest BCUT2D eigenvalue weighted by Gasteiger charge is 2.22. The molecule has 2 aromatic carbocycles. The first kappa shape index (κ1) is 18.8. The maximum absolute atomic E-state index is 11.8. The van der Waals surface area contributed by atoms with Gasteiger partial charge in [0.1, 0.15) is 10.9 Å². The number of thiocarbonyl (C=S) groups is 1. The molecule has 2 aromatic rings. The van der Waals surface area contributed by atoms with Crippen LogP contribution in [0.25, 0.3) is 6.08 Å². The molecule has 1 aliphatic heterocycles. The Labute approximate surface area is 166 Å². The summed E-state index contributed by atoms with van der Waals surface area (Å²) in [5, 5.41) is 3.26. The van der Waals surface area contributed by atoms with Crippen molar-refractivity contribution in [1.29, 1.82) is 0 Å². The van der Waals surface area contributed by atoms with E-state index in [1.807, 2.05) is 49.4 Å². The van der Waals surface area contributed by atoms with Gasteiger partial charge in [-0.25, -0.2) is 0 Å². The summed E-state index contributed by atoms with van der Waals surface area (Å²) in [5.74, 6) is 1.05. The highest BCUT2D eigenvalue weighted by Crippen LogP contribution is 2.32. The van der Waals surface area contributed by atoms with Gasteiger partial charge < -0.3 is 14.8 Å². The Morgan fingerprint density at radius 2 is 2.00 bits per heavy atom. The molecule has 0 bridgehead atoms. The molecule has 0 aromatic heterocycles. The van der Waals surface area contributed by atoms with E-state index in [2.05, 4.69) is 5.32 Å². The molecule has 0 aliphatic carbocycles. The number of nitrogens with one attached hydrogen (secondary N) is 1. The van der Waals surface area contributed by atoms with Gasteiger partial charge >= 0.3 is 0 Å². The number of rotatable bonds is 6. The highest BCUT2D eigenvalue weighted by atomic mass is 35.5. The fraction of sp³-hybridized carbons (Fsp3) is 0.158. The Bertz CT molecular complexity index is 883. The molecule has 0 saturated carbocycles. The second-order valence-electron chi connectivity index (χ2n) is 5.37. The molecule has 0 unspecified atom stereocenters. The molecule has 0 atom stereocenters. The van der Waals surface area contributed by atoms with E-state index < -0.39 is 0 Å². The van der Waals surface area contributed by atoms with E-state index in [1.54, 1.807) is 6.08 Å². The minimum absolute atomic E-state index is 0.183. The smallest absolute Gasteiger partial charge is 0.263 e. The minimum atomic E-state index is -0.183. The largest absolute Gasteiger partial charge is 0.490 e. The van der Waals surface area contributed by atoms with Gasteiger partial charge in [0.2, 0.25) is 0 Å². The Hall–Kier alpha value is -2.02. The molecular weight excluding hydrogens is 390 g/mol. The molecule has 0 spiro atoms.